The Hall–Kier alpha value is -2.93. The monoisotopic (exact) mass is 394 g/mol. The first-order chi connectivity index (χ1) is 14.0. The van der Waals surface area contributed by atoms with Gasteiger partial charge in [-0.1, -0.05) is 24.6 Å². The summed E-state index contributed by atoms with van der Waals surface area (Å²) in [6.45, 7) is 1.43. The van der Waals surface area contributed by atoms with Crippen LogP contribution in [0.3, 0.4) is 0 Å². The molecule has 2 amide bonds. The number of hydrogen-bond donors (Lipinski definition) is 2. The highest BCUT2D eigenvalue weighted by atomic mass is 16.5. The molecule has 152 valence electrons. The van der Waals surface area contributed by atoms with Crippen molar-refractivity contribution in [1.29, 1.82) is 0 Å². The number of piperidine rings is 1. The minimum atomic E-state index is -0.513. The summed E-state index contributed by atoms with van der Waals surface area (Å²) in [5.41, 5.74) is 8.48. The molecule has 29 heavy (non-hydrogen) atoms. The molecule has 1 aromatic heterocycles. The number of para-hydroxylation sites is 1. The largest absolute Gasteiger partial charge is 0.487 e. The Labute approximate surface area is 170 Å². The first kappa shape index (κ1) is 19.4. The number of likely N-dealkylation sites (N-methyl/N-ethyl adjacent to an activating group) is 1. The van der Waals surface area contributed by atoms with Gasteiger partial charge in [-0.05, 0) is 38.1 Å². The van der Waals surface area contributed by atoms with Gasteiger partial charge in [-0.15, -0.1) is 0 Å². The second-order valence-corrected chi connectivity index (χ2v) is 7.80. The lowest BCUT2D eigenvalue weighted by atomic mass is 10.0. The molecule has 1 aromatic carbocycles. The molecule has 2 atom stereocenters. The third-order valence-electron chi connectivity index (χ3n) is 5.74. The van der Waals surface area contributed by atoms with E-state index in [0.717, 1.165) is 54.7 Å². The maximum atomic E-state index is 12.6. The zero-order chi connectivity index (χ0) is 20.4. The lowest BCUT2D eigenvalue weighted by Gasteiger charge is -2.31. The van der Waals surface area contributed by atoms with Crippen molar-refractivity contribution in [2.45, 2.75) is 37.8 Å². The molecular weight excluding hydrogens is 368 g/mol. The minimum absolute atomic E-state index is 0.0503. The summed E-state index contributed by atoms with van der Waals surface area (Å²) in [4.78, 5) is 30.3. The molecule has 1 fully saturated rings. The SMILES string of the molecule is CN1CCCC[C@@H]1C(=O)NC[C@@H]1Cc2cccc(-c3cncc(C(N)=O)c3)c2O1. The first-order valence-electron chi connectivity index (χ1n) is 10.0. The van der Waals surface area contributed by atoms with Crippen LogP contribution in [0.25, 0.3) is 11.1 Å². The van der Waals surface area contributed by atoms with E-state index in [4.69, 9.17) is 10.5 Å². The number of nitrogens with two attached hydrogens (primary N) is 1. The van der Waals surface area contributed by atoms with Crippen molar-refractivity contribution in [2.24, 2.45) is 5.73 Å². The molecule has 2 aliphatic rings. The van der Waals surface area contributed by atoms with Gasteiger partial charge in [0, 0.05) is 29.9 Å². The number of amides is 2. The number of nitrogens with one attached hydrogen (secondary N) is 1. The summed E-state index contributed by atoms with van der Waals surface area (Å²) in [5.74, 6) is 0.344. The Morgan fingerprint density at radius 3 is 2.97 bits per heavy atom. The Bertz CT molecular complexity index is 930. The number of carbonyl (C=O) groups is 2. The molecule has 7 heteroatoms. The number of likely N-dealkylation sites (tertiary alicyclic amines) is 1. The van der Waals surface area contributed by atoms with Crippen LogP contribution in [-0.2, 0) is 11.2 Å². The number of fused-ring (bicyclic) bond motifs is 1. The van der Waals surface area contributed by atoms with E-state index in [2.05, 4.69) is 15.2 Å². The van der Waals surface area contributed by atoms with Gasteiger partial charge in [-0.25, -0.2) is 0 Å². The van der Waals surface area contributed by atoms with Gasteiger partial charge in [0.1, 0.15) is 11.9 Å². The Kier molecular flexibility index (Phi) is 5.49. The molecule has 2 aromatic rings. The number of benzene rings is 1. The van der Waals surface area contributed by atoms with Crippen molar-refractivity contribution in [2.75, 3.05) is 20.1 Å². The summed E-state index contributed by atoms with van der Waals surface area (Å²) in [5, 5.41) is 3.06. The van der Waals surface area contributed by atoms with Gasteiger partial charge < -0.3 is 15.8 Å². The van der Waals surface area contributed by atoms with E-state index in [1.807, 2.05) is 25.2 Å². The molecule has 0 bridgehead atoms. The van der Waals surface area contributed by atoms with E-state index in [1.165, 1.54) is 6.20 Å². The molecule has 7 nitrogen and oxygen atoms in total. The topological polar surface area (TPSA) is 97.5 Å². The molecule has 3 N–H and O–H groups in total. The predicted molar refractivity (Wildman–Crippen MR) is 110 cm³/mol. The van der Waals surface area contributed by atoms with E-state index in [1.54, 1.807) is 12.3 Å². The molecule has 4 rings (SSSR count). The highest BCUT2D eigenvalue weighted by Gasteiger charge is 2.29. The van der Waals surface area contributed by atoms with Crippen molar-refractivity contribution in [1.82, 2.24) is 15.2 Å². The molecular formula is C22H26N4O3. The number of carbonyl (C=O) groups excluding carboxylic acids is 2. The molecule has 0 radical (unpaired) electrons. The fourth-order valence-corrected chi connectivity index (χ4v) is 4.14. The number of pyridine rings is 1. The maximum Gasteiger partial charge on any atom is 0.250 e. The van der Waals surface area contributed by atoms with Crippen LogP contribution in [0.1, 0.15) is 35.2 Å². The van der Waals surface area contributed by atoms with Crippen LogP contribution < -0.4 is 15.8 Å². The van der Waals surface area contributed by atoms with E-state index in [9.17, 15) is 9.59 Å². The standard InChI is InChI=1S/C22H26N4O3/c1-26-8-3-2-7-19(26)22(28)25-13-17-10-14-5-4-6-18(20(14)29-17)15-9-16(21(23)27)12-24-11-15/h4-6,9,11-12,17,19H,2-3,7-8,10,13H2,1H3,(H2,23,27)(H,25,28)/t17-,19+/m0/s1. The number of aromatic nitrogens is 1. The lowest BCUT2D eigenvalue weighted by molar-refractivity contribution is -0.127. The maximum absolute atomic E-state index is 12.6. The fourth-order valence-electron chi connectivity index (χ4n) is 4.14. The molecule has 0 saturated carbocycles. The summed E-state index contributed by atoms with van der Waals surface area (Å²) >= 11 is 0. The second-order valence-electron chi connectivity index (χ2n) is 7.80. The first-order valence-corrected chi connectivity index (χ1v) is 10.0. The zero-order valence-electron chi connectivity index (χ0n) is 16.6. The Morgan fingerprint density at radius 1 is 1.31 bits per heavy atom. The van der Waals surface area contributed by atoms with Crippen molar-refractivity contribution in [3.63, 3.8) is 0 Å². The van der Waals surface area contributed by atoms with Crippen LogP contribution in [-0.4, -0.2) is 54.0 Å². The molecule has 3 heterocycles. The fraction of sp³-hybridized carbons (Fsp3) is 0.409. The zero-order valence-corrected chi connectivity index (χ0v) is 16.6. The van der Waals surface area contributed by atoms with E-state index >= 15 is 0 Å². The number of nitrogens with zero attached hydrogens (tertiary/aromatic N) is 2. The molecule has 2 aliphatic heterocycles. The highest BCUT2D eigenvalue weighted by Crippen LogP contribution is 2.38. The van der Waals surface area contributed by atoms with Crippen LogP contribution in [0.4, 0.5) is 0 Å². The van der Waals surface area contributed by atoms with Crippen molar-refractivity contribution in [3.05, 3.63) is 47.8 Å². The van der Waals surface area contributed by atoms with Crippen LogP contribution in [0.5, 0.6) is 5.75 Å². The van der Waals surface area contributed by atoms with E-state index < -0.39 is 5.91 Å². The molecule has 0 aliphatic carbocycles. The minimum Gasteiger partial charge on any atom is -0.487 e. The summed E-state index contributed by atoms with van der Waals surface area (Å²) < 4.78 is 6.19. The normalized spacial score (nSPS) is 21.3. The third kappa shape index (κ3) is 4.10. The van der Waals surface area contributed by atoms with Gasteiger partial charge in [0.25, 0.3) is 0 Å². The van der Waals surface area contributed by atoms with Crippen molar-refractivity contribution >= 4 is 11.8 Å². The average Bonchev–Trinajstić information content (AvgIpc) is 3.15. The van der Waals surface area contributed by atoms with Gasteiger partial charge in [-0.3, -0.25) is 19.5 Å². The Morgan fingerprint density at radius 2 is 2.17 bits per heavy atom. The van der Waals surface area contributed by atoms with Crippen LogP contribution >= 0.6 is 0 Å². The van der Waals surface area contributed by atoms with Crippen molar-refractivity contribution in [3.8, 4) is 16.9 Å². The van der Waals surface area contributed by atoms with E-state index in [0.29, 0.717) is 12.1 Å². The molecule has 0 unspecified atom stereocenters. The van der Waals surface area contributed by atoms with Gasteiger partial charge >= 0.3 is 0 Å². The lowest BCUT2D eigenvalue weighted by Crippen LogP contribution is -2.49. The number of ether oxygens (including phenoxy) is 1. The highest BCUT2D eigenvalue weighted by molar-refractivity contribution is 5.94. The molecule has 0 spiro atoms. The second kappa shape index (κ2) is 8.21. The average molecular weight is 394 g/mol. The predicted octanol–water partition coefficient (Wildman–Crippen LogP) is 1.75. The summed E-state index contributed by atoms with van der Waals surface area (Å²) in [6, 6.07) is 7.61. The number of rotatable bonds is 5. The smallest absolute Gasteiger partial charge is 0.250 e. The Balaban J connectivity index is 1.45. The number of hydrogen-bond acceptors (Lipinski definition) is 5. The summed E-state index contributed by atoms with van der Waals surface area (Å²) in [7, 11) is 2.01. The van der Waals surface area contributed by atoms with Gasteiger partial charge in [-0.2, -0.15) is 0 Å². The van der Waals surface area contributed by atoms with Crippen LogP contribution in [0.15, 0.2) is 36.7 Å². The number of primary amides is 1. The van der Waals surface area contributed by atoms with Crippen LogP contribution in [0.2, 0.25) is 0 Å². The van der Waals surface area contributed by atoms with Gasteiger partial charge in [0.15, 0.2) is 0 Å². The quantitative estimate of drug-likeness (QED) is 0.805. The third-order valence-corrected chi connectivity index (χ3v) is 5.74. The van der Waals surface area contributed by atoms with Crippen molar-refractivity contribution < 1.29 is 14.3 Å². The van der Waals surface area contributed by atoms with E-state index in [-0.39, 0.29) is 18.1 Å². The van der Waals surface area contributed by atoms with Gasteiger partial charge in [0.2, 0.25) is 11.8 Å². The van der Waals surface area contributed by atoms with Gasteiger partial charge in [0.05, 0.1) is 18.2 Å². The molecule has 1 saturated heterocycles. The summed E-state index contributed by atoms with van der Waals surface area (Å²) in [6.07, 6.45) is 6.91. The van der Waals surface area contributed by atoms with Crippen LogP contribution in [0, 0.1) is 0 Å².